The first-order valence-corrected chi connectivity index (χ1v) is 7.97. The van der Waals surface area contributed by atoms with Gasteiger partial charge >= 0.3 is 5.97 Å². The lowest BCUT2D eigenvalue weighted by Gasteiger charge is -2.22. The topological polar surface area (TPSA) is 76.1 Å². The van der Waals surface area contributed by atoms with Gasteiger partial charge in [0.1, 0.15) is 29.7 Å². The van der Waals surface area contributed by atoms with Crippen LogP contribution in [0.15, 0.2) is 36.4 Å². The highest BCUT2D eigenvalue weighted by Gasteiger charge is 2.20. The number of aliphatic carboxylic acids is 1. The van der Waals surface area contributed by atoms with E-state index in [4.69, 9.17) is 14.6 Å². The minimum absolute atomic E-state index is 0.0139. The molecule has 0 aliphatic rings. The van der Waals surface area contributed by atoms with E-state index in [2.05, 4.69) is 0 Å². The summed E-state index contributed by atoms with van der Waals surface area (Å²) < 4.78 is 37.1. The van der Waals surface area contributed by atoms with Crippen LogP contribution >= 0.6 is 0 Å². The molecule has 6 nitrogen and oxygen atoms in total. The van der Waals surface area contributed by atoms with Crippen LogP contribution in [-0.2, 0) is 22.6 Å². The summed E-state index contributed by atoms with van der Waals surface area (Å²) in [5, 5.41) is 9.10. The van der Waals surface area contributed by atoms with E-state index in [1.54, 1.807) is 18.2 Å². The number of methoxy groups -OCH3 is 2. The van der Waals surface area contributed by atoms with Gasteiger partial charge in [-0.05, 0) is 29.3 Å². The van der Waals surface area contributed by atoms with Gasteiger partial charge in [0, 0.05) is 18.7 Å². The highest BCUT2D eigenvalue weighted by Crippen LogP contribution is 2.23. The van der Waals surface area contributed by atoms with Crippen LogP contribution in [-0.4, -0.2) is 42.6 Å². The first kappa shape index (κ1) is 20.2. The zero-order valence-electron chi connectivity index (χ0n) is 14.9. The summed E-state index contributed by atoms with van der Waals surface area (Å²) in [6, 6.07) is 7.81. The van der Waals surface area contributed by atoms with Gasteiger partial charge in [0.15, 0.2) is 0 Å². The number of carbonyl (C=O) groups is 2. The van der Waals surface area contributed by atoms with Crippen LogP contribution in [0, 0.1) is 11.6 Å². The third-order valence-corrected chi connectivity index (χ3v) is 3.82. The van der Waals surface area contributed by atoms with Crippen molar-refractivity contribution < 1.29 is 33.0 Å². The van der Waals surface area contributed by atoms with E-state index in [1.165, 1.54) is 14.2 Å². The SMILES string of the molecule is COc1cc(CN(CC(=O)O)C(=O)Cc2ccc(F)cc2F)cc(OC)c1. The Morgan fingerprint density at radius 2 is 1.67 bits per heavy atom. The summed E-state index contributed by atoms with van der Waals surface area (Å²) >= 11 is 0. The molecular weight excluding hydrogens is 360 g/mol. The van der Waals surface area contributed by atoms with E-state index in [0.29, 0.717) is 23.1 Å². The average Bonchev–Trinajstić information content (AvgIpc) is 2.62. The smallest absolute Gasteiger partial charge is 0.323 e. The van der Waals surface area contributed by atoms with E-state index >= 15 is 0 Å². The van der Waals surface area contributed by atoms with Crippen molar-refractivity contribution >= 4 is 11.9 Å². The minimum Gasteiger partial charge on any atom is -0.497 e. The second-order valence-corrected chi connectivity index (χ2v) is 5.78. The summed E-state index contributed by atoms with van der Waals surface area (Å²) in [4.78, 5) is 24.8. The fourth-order valence-corrected chi connectivity index (χ4v) is 2.51. The van der Waals surface area contributed by atoms with Gasteiger partial charge in [-0.1, -0.05) is 6.07 Å². The van der Waals surface area contributed by atoms with Crippen LogP contribution in [0.2, 0.25) is 0 Å². The summed E-state index contributed by atoms with van der Waals surface area (Å²) in [5.74, 6) is -2.47. The van der Waals surface area contributed by atoms with Gasteiger partial charge in [-0.15, -0.1) is 0 Å². The highest BCUT2D eigenvalue weighted by atomic mass is 19.1. The molecule has 2 aromatic carbocycles. The van der Waals surface area contributed by atoms with Crippen LogP contribution in [0.5, 0.6) is 11.5 Å². The predicted octanol–water partition coefficient (Wildman–Crippen LogP) is 2.64. The second kappa shape index (κ2) is 8.98. The molecule has 0 saturated carbocycles. The summed E-state index contributed by atoms with van der Waals surface area (Å²) in [7, 11) is 2.94. The zero-order chi connectivity index (χ0) is 20.0. The summed E-state index contributed by atoms with van der Waals surface area (Å²) in [6.45, 7) is -0.608. The van der Waals surface area contributed by atoms with Crippen LogP contribution in [0.4, 0.5) is 8.78 Å². The van der Waals surface area contributed by atoms with Crippen molar-refractivity contribution in [3.05, 3.63) is 59.2 Å². The molecule has 0 aliphatic carbocycles. The van der Waals surface area contributed by atoms with E-state index < -0.39 is 30.1 Å². The Hall–Kier alpha value is -3.16. The number of hydrogen-bond donors (Lipinski definition) is 1. The van der Waals surface area contributed by atoms with Gasteiger partial charge in [-0.2, -0.15) is 0 Å². The molecule has 1 amide bonds. The summed E-state index contributed by atoms with van der Waals surface area (Å²) in [6.07, 6.45) is -0.388. The molecule has 0 fully saturated rings. The van der Waals surface area contributed by atoms with Crippen LogP contribution in [0.25, 0.3) is 0 Å². The lowest BCUT2D eigenvalue weighted by Crippen LogP contribution is -2.36. The monoisotopic (exact) mass is 379 g/mol. The van der Waals surface area contributed by atoms with Gasteiger partial charge in [0.2, 0.25) is 5.91 Å². The van der Waals surface area contributed by atoms with Crippen LogP contribution in [0.3, 0.4) is 0 Å². The summed E-state index contributed by atoms with van der Waals surface area (Å²) in [5.41, 5.74) is 0.570. The fourth-order valence-electron chi connectivity index (χ4n) is 2.51. The molecule has 2 aromatic rings. The molecule has 1 N–H and O–H groups in total. The molecule has 0 spiro atoms. The number of rotatable bonds is 8. The van der Waals surface area contributed by atoms with Crippen molar-refractivity contribution in [1.82, 2.24) is 4.90 Å². The fraction of sp³-hybridized carbons (Fsp3) is 0.263. The Labute approximate surface area is 154 Å². The Bertz CT molecular complexity index is 819. The highest BCUT2D eigenvalue weighted by molar-refractivity contribution is 5.83. The lowest BCUT2D eigenvalue weighted by atomic mass is 10.1. The zero-order valence-corrected chi connectivity index (χ0v) is 14.9. The minimum atomic E-state index is -1.21. The van der Waals surface area contributed by atoms with Crippen molar-refractivity contribution in [2.24, 2.45) is 0 Å². The number of ether oxygens (including phenoxy) is 2. The maximum atomic E-state index is 13.8. The molecule has 0 atom stereocenters. The largest absolute Gasteiger partial charge is 0.497 e. The molecule has 0 heterocycles. The van der Waals surface area contributed by atoms with Gasteiger partial charge in [0.25, 0.3) is 0 Å². The Morgan fingerprint density at radius 1 is 1.04 bits per heavy atom. The number of hydrogen-bond acceptors (Lipinski definition) is 4. The first-order chi connectivity index (χ1) is 12.8. The molecule has 0 aromatic heterocycles. The number of carbonyl (C=O) groups excluding carboxylic acids is 1. The van der Waals surface area contributed by atoms with Gasteiger partial charge in [-0.25, -0.2) is 8.78 Å². The standard InChI is InChI=1S/C19H19F2NO5/c1-26-15-5-12(6-16(9-15)27-2)10-22(11-19(24)25)18(23)7-13-3-4-14(20)8-17(13)21/h3-6,8-9H,7,10-11H2,1-2H3,(H,24,25). The first-order valence-electron chi connectivity index (χ1n) is 7.97. The molecule has 0 radical (unpaired) electrons. The molecule has 144 valence electrons. The predicted molar refractivity (Wildman–Crippen MR) is 92.7 cm³/mol. The molecule has 0 unspecified atom stereocenters. The number of nitrogens with zero attached hydrogens (tertiary/aromatic N) is 1. The number of carboxylic acid groups (broad SMARTS) is 1. The van der Waals surface area contributed by atoms with Crippen molar-refractivity contribution in [2.45, 2.75) is 13.0 Å². The molecule has 0 saturated heterocycles. The second-order valence-electron chi connectivity index (χ2n) is 5.78. The van der Waals surface area contributed by atoms with Crippen molar-refractivity contribution in [3.8, 4) is 11.5 Å². The van der Waals surface area contributed by atoms with Crippen LogP contribution < -0.4 is 9.47 Å². The quantitative estimate of drug-likeness (QED) is 0.763. The van der Waals surface area contributed by atoms with E-state index in [1.807, 2.05) is 0 Å². The molecule has 0 aliphatic heterocycles. The maximum Gasteiger partial charge on any atom is 0.323 e. The number of amides is 1. The Morgan fingerprint density at radius 3 is 2.19 bits per heavy atom. The van der Waals surface area contributed by atoms with Crippen molar-refractivity contribution in [2.75, 3.05) is 20.8 Å². The molecule has 8 heteroatoms. The number of halogens is 2. The van der Waals surface area contributed by atoms with Crippen LogP contribution in [0.1, 0.15) is 11.1 Å². The third kappa shape index (κ3) is 5.67. The van der Waals surface area contributed by atoms with Crippen molar-refractivity contribution in [1.29, 1.82) is 0 Å². The third-order valence-electron chi connectivity index (χ3n) is 3.82. The molecule has 27 heavy (non-hydrogen) atoms. The Kier molecular flexibility index (Phi) is 6.70. The number of carboxylic acids is 1. The van der Waals surface area contributed by atoms with Gasteiger partial charge in [0.05, 0.1) is 20.6 Å². The molecule has 0 bridgehead atoms. The van der Waals surface area contributed by atoms with E-state index in [-0.39, 0.29) is 18.5 Å². The maximum absolute atomic E-state index is 13.8. The van der Waals surface area contributed by atoms with Gasteiger partial charge < -0.3 is 19.5 Å². The Balaban J connectivity index is 2.24. The van der Waals surface area contributed by atoms with E-state index in [9.17, 15) is 18.4 Å². The molecular formula is C19H19F2NO5. The average molecular weight is 379 g/mol. The van der Waals surface area contributed by atoms with Crippen molar-refractivity contribution in [3.63, 3.8) is 0 Å². The molecule has 2 rings (SSSR count). The normalized spacial score (nSPS) is 10.4. The lowest BCUT2D eigenvalue weighted by molar-refractivity contribution is -0.144. The van der Waals surface area contributed by atoms with E-state index in [0.717, 1.165) is 17.0 Å². The van der Waals surface area contributed by atoms with Gasteiger partial charge in [-0.3, -0.25) is 9.59 Å². The number of benzene rings is 2.